The van der Waals surface area contributed by atoms with Gasteiger partial charge in [-0.25, -0.2) is 0 Å². The second-order valence-electron chi connectivity index (χ2n) is 6.02. The number of alkyl halides is 6. The van der Waals surface area contributed by atoms with Gasteiger partial charge < -0.3 is 5.11 Å². The van der Waals surface area contributed by atoms with Gasteiger partial charge >= 0.3 is 12.4 Å². The topological polar surface area (TPSA) is 20.2 Å². The molecule has 2 rings (SSSR count). The smallest absolute Gasteiger partial charge is 0.374 e. The summed E-state index contributed by atoms with van der Waals surface area (Å²) in [5.41, 5.74) is -3.70. The van der Waals surface area contributed by atoms with Crippen LogP contribution in [0.4, 0.5) is 26.3 Å². The highest BCUT2D eigenvalue weighted by atomic mass is 19.4. The first-order chi connectivity index (χ1) is 8.88. The molecule has 0 spiro atoms. The summed E-state index contributed by atoms with van der Waals surface area (Å²) in [6.07, 6.45) is -11.9. The van der Waals surface area contributed by atoms with Crippen LogP contribution in [-0.2, 0) is 0 Å². The van der Waals surface area contributed by atoms with Crippen LogP contribution >= 0.6 is 0 Å². The summed E-state index contributed by atoms with van der Waals surface area (Å²) >= 11 is 0. The van der Waals surface area contributed by atoms with E-state index in [0.29, 0.717) is 6.42 Å². The normalized spacial score (nSPS) is 34.9. The zero-order valence-electron chi connectivity index (χ0n) is 10.9. The van der Waals surface area contributed by atoms with Crippen molar-refractivity contribution in [1.29, 1.82) is 0 Å². The molecule has 0 amide bonds. The highest BCUT2D eigenvalue weighted by molar-refractivity contribution is 5.19. The molecule has 0 aromatic rings. The Morgan fingerprint density at radius 1 is 1.10 bits per heavy atom. The third-order valence-electron chi connectivity index (χ3n) is 5.00. The second kappa shape index (κ2) is 4.39. The molecule has 1 N–H and O–H groups in total. The van der Waals surface area contributed by atoms with Gasteiger partial charge in [-0.1, -0.05) is 19.1 Å². The molecule has 0 aromatic carbocycles. The molecule has 0 aliphatic heterocycles. The third kappa shape index (κ3) is 2.14. The van der Waals surface area contributed by atoms with Gasteiger partial charge in [-0.2, -0.15) is 26.3 Å². The minimum atomic E-state index is -5.71. The lowest BCUT2D eigenvalue weighted by Crippen LogP contribution is -2.58. The van der Waals surface area contributed by atoms with Crippen LogP contribution in [0.5, 0.6) is 0 Å². The van der Waals surface area contributed by atoms with Gasteiger partial charge in [0, 0.05) is 0 Å². The summed E-state index contributed by atoms with van der Waals surface area (Å²) in [4.78, 5) is 0. The van der Waals surface area contributed by atoms with E-state index in [1.807, 2.05) is 0 Å². The van der Waals surface area contributed by atoms with Crippen LogP contribution in [0.15, 0.2) is 12.2 Å². The van der Waals surface area contributed by atoms with Crippen molar-refractivity contribution in [2.24, 2.45) is 23.7 Å². The highest BCUT2D eigenvalue weighted by Gasteiger charge is 2.71. The molecule has 0 radical (unpaired) electrons. The number of allylic oxidation sites excluding steroid dienone is 1. The van der Waals surface area contributed by atoms with Crippen molar-refractivity contribution in [3.05, 3.63) is 12.2 Å². The summed E-state index contributed by atoms with van der Waals surface area (Å²) in [6, 6.07) is 0. The average Bonchev–Trinajstić information content (AvgIpc) is 2.77. The Balaban J connectivity index is 2.22. The molecule has 2 aliphatic carbocycles. The molecule has 2 aliphatic rings. The fourth-order valence-corrected chi connectivity index (χ4v) is 3.73. The van der Waals surface area contributed by atoms with Crippen molar-refractivity contribution in [3.63, 3.8) is 0 Å². The van der Waals surface area contributed by atoms with Gasteiger partial charge in [0.25, 0.3) is 5.60 Å². The van der Waals surface area contributed by atoms with Crippen molar-refractivity contribution in [2.75, 3.05) is 0 Å². The number of hydrogen-bond donors (Lipinski definition) is 1. The summed E-state index contributed by atoms with van der Waals surface area (Å²) in [6.45, 7) is 5.62. The Labute approximate surface area is 112 Å². The maximum atomic E-state index is 12.7. The molecular formula is C13H16F6O. The molecule has 7 heteroatoms. The molecule has 0 saturated heterocycles. The standard InChI is InChI=1S/C13H16F6O/c1-6-7(2)10-4-8(6)3-9(10)5-11(20,12(14,15)16)13(17,18)19/h7-10,20H,1,3-5H2,2H3. The van der Waals surface area contributed by atoms with E-state index in [9.17, 15) is 31.4 Å². The Bertz CT molecular complexity index is 392. The molecule has 20 heavy (non-hydrogen) atoms. The Morgan fingerprint density at radius 3 is 1.95 bits per heavy atom. The van der Waals surface area contributed by atoms with Crippen LogP contribution in [0, 0.1) is 23.7 Å². The zero-order chi connectivity index (χ0) is 15.5. The van der Waals surface area contributed by atoms with Crippen LogP contribution in [0.25, 0.3) is 0 Å². The number of aliphatic hydroxyl groups is 1. The van der Waals surface area contributed by atoms with E-state index < -0.39 is 30.3 Å². The van der Waals surface area contributed by atoms with Gasteiger partial charge in [0.05, 0.1) is 0 Å². The van der Waals surface area contributed by atoms with Crippen LogP contribution in [-0.4, -0.2) is 23.1 Å². The molecule has 0 aromatic heterocycles. The van der Waals surface area contributed by atoms with Crippen molar-refractivity contribution in [3.8, 4) is 0 Å². The molecule has 1 nitrogen and oxygen atoms in total. The van der Waals surface area contributed by atoms with Crippen LogP contribution in [0.2, 0.25) is 0 Å². The number of fused-ring (bicyclic) bond motifs is 2. The molecule has 2 bridgehead atoms. The maximum Gasteiger partial charge on any atom is 0.426 e. The van der Waals surface area contributed by atoms with Crippen molar-refractivity contribution in [2.45, 2.75) is 44.1 Å². The summed E-state index contributed by atoms with van der Waals surface area (Å²) in [5, 5.41) is 9.25. The quantitative estimate of drug-likeness (QED) is 0.602. The Morgan fingerprint density at radius 2 is 1.60 bits per heavy atom. The minimum absolute atomic E-state index is 0.00860. The first kappa shape index (κ1) is 15.7. The minimum Gasteiger partial charge on any atom is -0.374 e. The highest BCUT2D eigenvalue weighted by Crippen LogP contribution is 2.58. The average molecular weight is 302 g/mol. The number of halogens is 6. The van der Waals surface area contributed by atoms with Gasteiger partial charge in [0.15, 0.2) is 0 Å². The molecule has 116 valence electrons. The lowest BCUT2D eigenvalue weighted by molar-refractivity contribution is -0.373. The van der Waals surface area contributed by atoms with E-state index in [2.05, 4.69) is 6.58 Å². The molecule has 4 unspecified atom stereocenters. The van der Waals surface area contributed by atoms with Gasteiger partial charge in [0.1, 0.15) is 0 Å². The molecule has 4 atom stereocenters. The Kier molecular flexibility index (Phi) is 3.43. The number of hydrogen-bond acceptors (Lipinski definition) is 1. The van der Waals surface area contributed by atoms with E-state index in [-0.39, 0.29) is 24.2 Å². The molecule has 0 heterocycles. The van der Waals surface area contributed by atoms with E-state index in [1.54, 1.807) is 6.92 Å². The van der Waals surface area contributed by atoms with Gasteiger partial charge in [-0.05, 0) is 42.9 Å². The lowest BCUT2D eigenvalue weighted by atomic mass is 9.74. The fourth-order valence-electron chi connectivity index (χ4n) is 3.73. The van der Waals surface area contributed by atoms with Crippen molar-refractivity contribution in [1.82, 2.24) is 0 Å². The lowest BCUT2D eigenvalue weighted by Gasteiger charge is -2.38. The van der Waals surface area contributed by atoms with E-state index in [1.165, 1.54) is 0 Å². The SMILES string of the molecule is C=C1C2CC(CC(O)(C(F)(F)F)C(F)(F)F)C(C2)C1C. The molecule has 2 fully saturated rings. The monoisotopic (exact) mass is 302 g/mol. The second-order valence-corrected chi connectivity index (χ2v) is 6.02. The van der Waals surface area contributed by atoms with Crippen molar-refractivity contribution < 1.29 is 31.4 Å². The van der Waals surface area contributed by atoms with Gasteiger partial charge in [-0.15, -0.1) is 0 Å². The third-order valence-corrected chi connectivity index (χ3v) is 5.00. The van der Waals surface area contributed by atoms with Crippen molar-refractivity contribution >= 4 is 0 Å². The fraction of sp³-hybridized carbons (Fsp3) is 0.846. The predicted octanol–water partition coefficient (Wildman–Crippen LogP) is 4.08. The summed E-state index contributed by atoms with van der Waals surface area (Å²) in [7, 11) is 0. The first-order valence-electron chi connectivity index (χ1n) is 6.43. The molecule has 2 saturated carbocycles. The van der Waals surface area contributed by atoms with E-state index in [0.717, 1.165) is 5.57 Å². The first-order valence-corrected chi connectivity index (χ1v) is 6.43. The van der Waals surface area contributed by atoms with Crippen LogP contribution in [0.1, 0.15) is 26.2 Å². The van der Waals surface area contributed by atoms with Gasteiger partial charge in [-0.3, -0.25) is 0 Å². The maximum absolute atomic E-state index is 12.7. The van der Waals surface area contributed by atoms with Gasteiger partial charge in [0.2, 0.25) is 0 Å². The predicted molar refractivity (Wildman–Crippen MR) is 59.7 cm³/mol. The van der Waals surface area contributed by atoms with E-state index in [4.69, 9.17) is 0 Å². The Hall–Kier alpha value is -0.720. The summed E-state index contributed by atoms with van der Waals surface area (Å²) in [5.74, 6) is -1.10. The van der Waals surface area contributed by atoms with Crippen LogP contribution < -0.4 is 0 Å². The molecular weight excluding hydrogens is 286 g/mol. The largest absolute Gasteiger partial charge is 0.426 e. The number of rotatable bonds is 2. The van der Waals surface area contributed by atoms with E-state index >= 15 is 0 Å². The summed E-state index contributed by atoms with van der Waals surface area (Å²) < 4.78 is 76.1. The van der Waals surface area contributed by atoms with Crippen LogP contribution in [0.3, 0.4) is 0 Å². The zero-order valence-corrected chi connectivity index (χ0v) is 10.9.